The molecule has 0 radical (unpaired) electrons. The number of Topliss-reactive ketones (excluding diaryl/α,β-unsaturated/α-hetero) is 1. The second-order valence-electron chi connectivity index (χ2n) is 15.1. The summed E-state index contributed by atoms with van der Waals surface area (Å²) in [5, 5.41) is 11.3. The van der Waals surface area contributed by atoms with Crippen LogP contribution in [0.25, 0.3) is 0 Å². The van der Waals surface area contributed by atoms with Crippen LogP contribution in [0.4, 0.5) is 0 Å². The lowest BCUT2D eigenvalue weighted by molar-refractivity contribution is -0.254. The molecule has 0 aromatic heterocycles. The first-order valence-electron chi connectivity index (χ1n) is 13.9. The van der Waals surface area contributed by atoms with Crippen molar-refractivity contribution in [2.24, 2.45) is 56.7 Å². The van der Waals surface area contributed by atoms with Crippen LogP contribution < -0.4 is 0 Å². The normalized spacial score (nSPS) is 59.4. The largest absolute Gasteiger partial charge is 0.390 e. The fraction of sp³-hybridized carbons (Fsp3) is 0.967. The van der Waals surface area contributed by atoms with Crippen molar-refractivity contribution in [1.82, 2.24) is 0 Å². The van der Waals surface area contributed by atoms with Crippen molar-refractivity contribution in [2.75, 3.05) is 0 Å². The van der Waals surface area contributed by atoms with Crippen molar-refractivity contribution >= 4 is 5.78 Å². The number of fused-ring (bicyclic) bond motifs is 7. The SMILES string of the molecule is C[C@H]1[C@H]2[C@@H]3CC[C@@H]4[C@@]5(C)CCC(=O)C(C)(C)[C@@H]5CC[C@@]4(C)[C@]3(C)CC[C@@]2(C)CC[C@@]1(C)O. The molecule has 32 heavy (non-hydrogen) atoms. The zero-order chi connectivity index (χ0) is 23.5. The lowest BCUT2D eigenvalue weighted by Crippen LogP contribution is -2.68. The minimum atomic E-state index is -0.516. The number of ketones is 1. The van der Waals surface area contributed by atoms with Gasteiger partial charge in [0.25, 0.3) is 0 Å². The molecule has 0 aliphatic heterocycles. The molecule has 0 spiro atoms. The molecule has 5 aliphatic carbocycles. The Labute approximate surface area is 197 Å². The fourth-order valence-corrected chi connectivity index (χ4v) is 11.4. The summed E-state index contributed by atoms with van der Waals surface area (Å²) in [6.45, 7) is 19.5. The molecule has 0 heterocycles. The van der Waals surface area contributed by atoms with Gasteiger partial charge in [-0.2, -0.15) is 0 Å². The number of carbonyl (C=O) groups is 1. The molecule has 0 aromatic rings. The van der Waals surface area contributed by atoms with Crippen molar-refractivity contribution in [3.05, 3.63) is 0 Å². The molecule has 0 unspecified atom stereocenters. The van der Waals surface area contributed by atoms with E-state index >= 15 is 0 Å². The van der Waals surface area contributed by atoms with Crippen LogP contribution in [-0.2, 0) is 4.79 Å². The van der Waals surface area contributed by atoms with Crippen molar-refractivity contribution in [3.8, 4) is 0 Å². The maximum Gasteiger partial charge on any atom is 0.138 e. The van der Waals surface area contributed by atoms with Gasteiger partial charge in [0.15, 0.2) is 0 Å². The predicted molar refractivity (Wildman–Crippen MR) is 131 cm³/mol. The molecule has 0 aromatic carbocycles. The quantitative estimate of drug-likeness (QED) is 0.423. The summed E-state index contributed by atoms with van der Waals surface area (Å²) >= 11 is 0. The van der Waals surface area contributed by atoms with Crippen molar-refractivity contribution < 1.29 is 9.90 Å². The van der Waals surface area contributed by atoms with Crippen LogP contribution in [0.1, 0.15) is 120 Å². The molecule has 2 nitrogen and oxygen atoms in total. The highest BCUT2D eigenvalue weighted by Crippen LogP contribution is 2.76. The minimum absolute atomic E-state index is 0.159. The molecular weight excluding hydrogens is 392 g/mol. The maximum atomic E-state index is 12.9. The van der Waals surface area contributed by atoms with Gasteiger partial charge in [0, 0.05) is 11.8 Å². The number of rotatable bonds is 0. The van der Waals surface area contributed by atoms with Gasteiger partial charge in [-0.15, -0.1) is 0 Å². The monoisotopic (exact) mass is 442 g/mol. The number of hydrogen-bond donors (Lipinski definition) is 1. The third kappa shape index (κ3) is 2.66. The molecule has 2 heteroatoms. The van der Waals surface area contributed by atoms with Gasteiger partial charge in [0.2, 0.25) is 0 Å². The lowest BCUT2D eigenvalue weighted by atomic mass is 9.31. The first-order valence-corrected chi connectivity index (χ1v) is 13.9. The number of hydrogen-bond acceptors (Lipinski definition) is 2. The van der Waals surface area contributed by atoms with Crippen LogP contribution in [0.3, 0.4) is 0 Å². The van der Waals surface area contributed by atoms with Crippen molar-refractivity contribution in [1.29, 1.82) is 0 Å². The van der Waals surface area contributed by atoms with Crippen LogP contribution in [0, 0.1) is 56.7 Å². The molecule has 5 fully saturated rings. The Kier molecular flexibility index (Phi) is 4.85. The summed E-state index contributed by atoms with van der Waals surface area (Å²) in [6.07, 6.45) is 11.9. The Hall–Kier alpha value is -0.370. The smallest absolute Gasteiger partial charge is 0.138 e. The predicted octanol–water partition coefficient (Wildman–Crippen LogP) is 7.43. The molecular formula is C30H50O2. The Bertz CT molecular complexity index is 812. The Morgan fingerprint density at radius 2 is 1.41 bits per heavy atom. The number of aliphatic hydroxyl groups is 1. The summed E-state index contributed by atoms with van der Waals surface area (Å²) in [4.78, 5) is 12.9. The Morgan fingerprint density at radius 1 is 0.750 bits per heavy atom. The van der Waals surface area contributed by atoms with E-state index in [2.05, 4.69) is 55.4 Å². The van der Waals surface area contributed by atoms with Crippen LogP contribution >= 0.6 is 0 Å². The third-order valence-corrected chi connectivity index (χ3v) is 13.9. The molecule has 0 amide bonds. The van der Waals surface area contributed by atoms with Crippen molar-refractivity contribution in [2.45, 2.75) is 125 Å². The van der Waals surface area contributed by atoms with E-state index in [1.165, 1.54) is 44.9 Å². The first-order chi connectivity index (χ1) is 14.6. The average molecular weight is 443 g/mol. The van der Waals surface area contributed by atoms with Crippen LogP contribution in [0.2, 0.25) is 0 Å². The van der Waals surface area contributed by atoms with Gasteiger partial charge in [0.1, 0.15) is 5.78 Å². The van der Waals surface area contributed by atoms with Gasteiger partial charge in [-0.05, 0) is 116 Å². The fourth-order valence-electron chi connectivity index (χ4n) is 11.4. The second-order valence-corrected chi connectivity index (χ2v) is 15.1. The highest BCUT2D eigenvalue weighted by molar-refractivity contribution is 5.85. The summed E-state index contributed by atoms with van der Waals surface area (Å²) in [6, 6.07) is 0. The van der Waals surface area contributed by atoms with E-state index in [1.54, 1.807) is 0 Å². The standard InChI is InChI=1S/C30H50O2/c1-19-24-20-9-10-22-27(5)13-12-23(31)25(2,3)21(27)11-14-29(22,7)28(20,6)17-15-26(24,4)16-18-30(19,8)32/h19-22,24,32H,9-18H2,1-8H3/t19-,20-,21-,22+,24-,26-,27-,28+,29+,30+/m0/s1. The highest BCUT2D eigenvalue weighted by atomic mass is 16.3. The molecule has 0 bridgehead atoms. The van der Waals surface area contributed by atoms with Gasteiger partial charge in [0.05, 0.1) is 5.60 Å². The van der Waals surface area contributed by atoms with Gasteiger partial charge >= 0.3 is 0 Å². The van der Waals surface area contributed by atoms with Gasteiger partial charge in [-0.25, -0.2) is 0 Å². The van der Waals surface area contributed by atoms with Crippen LogP contribution in [-0.4, -0.2) is 16.5 Å². The van der Waals surface area contributed by atoms with Gasteiger partial charge in [-0.1, -0.05) is 48.5 Å². The molecule has 5 rings (SSSR count). The zero-order valence-electron chi connectivity index (χ0n) is 22.3. The average Bonchev–Trinajstić information content (AvgIpc) is 2.70. The summed E-state index contributed by atoms with van der Waals surface area (Å²) in [5.74, 6) is 3.52. The maximum absolute atomic E-state index is 12.9. The molecule has 5 saturated carbocycles. The molecule has 1 N–H and O–H groups in total. The van der Waals surface area contributed by atoms with E-state index < -0.39 is 5.60 Å². The summed E-state index contributed by atoms with van der Waals surface area (Å²) in [7, 11) is 0. The molecule has 5 aliphatic rings. The minimum Gasteiger partial charge on any atom is -0.390 e. The van der Waals surface area contributed by atoms with Gasteiger partial charge < -0.3 is 5.11 Å². The van der Waals surface area contributed by atoms with E-state index in [0.29, 0.717) is 45.2 Å². The molecule has 0 saturated heterocycles. The highest BCUT2D eigenvalue weighted by Gasteiger charge is 2.70. The van der Waals surface area contributed by atoms with Crippen LogP contribution in [0.15, 0.2) is 0 Å². The van der Waals surface area contributed by atoms with E-state index in [9.17, 15) is 9.90 Å². The van der Waals surface area contributed by atoms with Crippen molar-refractivity contribution in [3.63, 3.8) is 0 Å². The Balaban J connectivity index is 1.55. The molecule has 182 valence electrons. The molecule has 10 atom stereocenters. The van der Waals surface area contributed by atoms with E-state index in [-0.39, 0.29) is 5.41 Å². The second kappa shape index (κ2) is 6.64. The third-order valence-electron chi connectivity index (χ3n) is 13.9. The van der Waals surface area contributed by atoms with E-state index in [4.69, 9.17) is 0 Å². The summed E-state index contributed by atoms with van der Waals surface area (Å²) in [5.41, 5.74) is 0.715. The lowest BCUT2D eigenvalue weighted by Gasteiger charge is -2.73. The van der Waals surface area contributed by atoms with E-state index in [0.717, 1.165) is 31.1 Å². The topological polar surface area (TPSA) is 37.3 Å². The number of carbonyl (C=O) groups excluding carboxylic acids is 1. The van der Waals surface area contributed by atoms with E-state index in [1.807, 2.05) is 0 Å². The van der Waals surface area contributed by atoms with Crippen LogP contribution in [0.5, 0.6) is 0 Å². The zero-order valence-corrected chi connectivity index (χ0v) is 22.3. The Morgan fingerprint density at radius 3 is 2.09 bits per heavy atom. The first kappa shape index (κ1) is 23.4. The van der Waals surface area contributed by atoms with Gasteiger partial charge in [-0.3, -0.25) is 4.79 Å². The summed E-state index contributed by atoms with van der Waals surface area (Å²) < 4.78 is 0.